The summed E-state index contributed by atoms with van der Waals surface area (Å²) in [5.74, 6) is 0.940. The number of ether oxygens (including phenoxy) is 1. The number of carbonyl (C=O) groups excluding carboxylic acids is 2. The first-order valence-electron chi connectivity index (χ1n) is 10.3. The van der Waals surface area contributed by atoms with Crippen LogP contribution in [0.1, 0.15) is 55.6 Å². The molecule has 2 aromatic rings. The van der Waals surface area contributed by atoms with Gasteiger partial charge in [0.05, 0.1) is 7.11 Å². The highest BCUT2D eigenvalue weighted by Crippen LogP contribution is 2.32. The first kappa shape index (κ1) is 21.6. The molecule has 0 spiro atoms. The largest absolute Gasteiger partial charge is 0.497 e. The molecule has 0 aliphatic carbocycles. The third-order valence-corrected chi connectivity index (χ3v) is 5.03. The van der Waals surface area contributed by atoms with E-state index in [0.717, 1.165) is 23.4 Å². The van der Waals surface area contributed by atoms with E-state index in [2.05, 4.69) is 30.5 Å². The Bertz CT molecular complexity index is 972. The van der Waals surface area contributed by atoms with E-state index in [4.69, 9.17) is 4.74 Å². The van der Waals surface area contributed by atoms with Crippen molar-refractivity contribution < 1.29 is 14.3 Å². The number of carbonyl (C=O) groups is 2. The molecule has 1 aliphatic heterocycles. The van der Waals surface area contributed by atoms with Crippen molar-refractivity contribution in [1.29, 1.82) is 0 Å². The van der Waals surface area contributed by atoms with Crippen LogP contribution < -0.4 is 15.4 Å². The van der Waals surface area contributed by atoms with Gasteiger partial charge in [0.15, 0.2) is 5.78 Å². The van der Waals surface area contributed by atoms with Gasteiger partial charge < -0.3 is 15.4 Å². The molecule has 0 radical (unpaired) electrons. The number of hydrogen-bond acceptors (Lipinski definition) is 4. The van der Waals surface area contributed by atoms with E-state index in [1.165, 1.54) is 5.56 Å². The molecule has 5 heteroatoms. The van der Waals surface area contributed by atoms with Gasteiger partial charge in [0.25, 0.3) is 0 Å². The highest BCUT2D eigenvalue weighted by molar-refractivity contribution is 6.09. The van der Waals surface area contributed by atoms with Crippen molar-refractivity contribution in [3.05, 3.63) is 65.2 Å². The lowest BCUT2D eigenvalue weighted by atomic mass is 9.85. The average Bonchev–Trinajstić information content (AvgIpc) is 2.66. The van der Waals surface area contributed by atoms with Gasteiger partial charge in [-0.3, -0.25) is 9.59 Å². The molecule has 1 amide bonds. The van der Waals surface area contributed by atoms with Crippen LogP contribution in [0.2, 0.25) is 0 Å². The number of anilines is 1. The fraction of sp³-hybridized carbons (Fsp3) is 0.360. The number of fused-ring (bicyclic) bond motifs is 1. The molecule has 0 aromatic heterocycles. The molecular weight excluding hydrogens is 376 g/mol. The minimum Gasteiger partial charge on any atom is -0.497 e. The van der Waals surface area contributed by atoms with Crippen molar-refractivity contribution in [2.24, 2.45) is 5.92 Å². The molecule has 0 saturated carbocycles. The van der Waals surface area contributed by atoms with E-state index < -0.39 is 0 Å². The Labute approximate surface area is 178 Å². The fourth-order valence-electron chi connectivity index (χ4n) is 3.67. The summed E-state index contributed by atoms with van der Waals surface area (Å²) in [6.45, 7) is 8.24. The number of amides is 1. The fourth-order valence-corrected chi connectivity index (χ4v) is 3.67. The lowest BCUT2D eigenvalue weighted by molar-refractivity contribution is -0.116. The van der Waals surface area contributed by atoms with E-state index in [9.17, 15) is 9.59 Å². The van der Waals surface area contributed by atoms with Gasteiger partial charge in [0, 0.05) is 40.5 Å². The van der Waals surface area contributed by atoms with Crippen LogP contribution >= 0.6 is 0 Å². The maximum Gasteiger partial charge on any atom is 0.224 e. The van der Waals surface area contributed by atoms with Crippen molar-refractivity contribution in [2.45, 2.75) is 46.1 Å². The zero-order valence-corrected chi connectivity index (χ0v) is 18.3. The third-order valence-electron chi connectivity index (χ3n) is 5.03. The lowest BCUT2D eigenvalue weighted by Gasteiger charge is -2.35. The summed E-state index contributed by atoms with van der Waals surface area (Å²) in [6, 6.07) is 13.0. The Morgan fingerprint density at radius 1 is 1.17 bits per heavy atom. The van der Waals surface area contributed by atoms with Crippen molar-refractivity contribution in [2.75, 3.05) is 12.4 Å². The second-order valence-corrected chi connectivity index (χ2v) is 8.85. The SMILES string of the molecule is COc1ccc2c(c1)/C(=C/C(=O)c1ccc(NC(=O)CC(C)C)cc1)NC(C)(C)C2. The molecule has 5 nitrogen and oxygen atoms in total. The van der Waals surface area contributed by atoms with Gasteiger partial charge >= 0.3 is 0 Å². The molecule has 1 aliphatic rings. The lowest BCUT2D eigenvalue weighted by Crippen LogP contribution is -2.43. The van der Waals surface area contributed by atoms with Crippen LogP contribution in [-0.2, 0) is 11.2 Å². The van der Waals surface area contributed by atoms with Gasteiger partial charge in [0.2, 0.25) is 5.91 Å². The molecular formula is C25H30N2O3. The molecule has 30 heavy (non-hydrogen) atoms. The van der Waals surface area contributed by atoms with Crippen molar-refractivity contribution in [1.82, 2.24) is 5.32 Å². The van der Waals surface area contributed by atoms with Crippen LogP contribution in [0.25, 0.3) is 5.70 Å². The van der Waals surface area contributed by atoms with Crippen molar-refractivity contribution >= 4 is 23.1 Å². The molecule has 0 fully saturated rings. The van der Waals surface area contributed by atoms with Gasteiger partial charge in [-0.15, -0.1) is 0 Å². The summed E-state index contributed by atoms with van der Waals surface area (Å²) < 4.78 is 5.36. The number of nitrogens with one attached hydrogen (secondary N) is 2. The predicted molar refractivity (Wildman–Crippen MR) is 121 cm³/mol. The molecule has 158 valence electrons. The molecule has 0 unspecified atom stereocenters. The number of ketones is 1. The molecule has 2 aromatic carbocycles. The van der Waals surface area contributed by atoms with Gasteiger partial charge in [0.1, 0.15) is 5.75 Å². The summed E-state index contributed by atoms with van der Waals surface area (Å²) >= 11 is 0. The van der Waals surface area contributed by atoms with Crippen LogP contribution in [0, 0.1) is 5.92 Å². The maximum absolute atomic E-state index is 12.9. The quantitative estimate of drug-likeness (QED) is 0.533. The van der Waals surface area contributed by atoms with Crippen LogP contribution in [0.4, 0.5) is 5.69 Å². The molecule has 2 N–H and O–H groups in total. The number of allylic oxidation sites excluding steroid dienone is 1. The minimum absolute atomic E-state index is 0.0228. The molecule has 1 heterocycles. The Morgan fingerprint density at radius 2 is 1.87 bits per heavy atom. The summed E-state index contributed by atoms with van der Waals surface area (Å²) in [6.07, 6.45) is 2.98. The predicted octanol–water partition coefficient (Wildman–Crippen LogP) is 4.83. The van der Waals surface area contributed by atoms with E-state index >= 15 is 0 Å². The first-order valence-corrected chi connectivity index (χ1v) is 10.3. The normalized spacial score (nSPS) is 16.0. The smallest absolute Gasteiger partial charge is 0.224 e. The summed E-state index contributed by atoms with van der Waals surface area (Å²) in [5, 5.41) is 6.35. The Kier molecular flexibility index (Phi) is 6.30. The zero-order chi connectivity index (χ0) is 21.9. The van der Waals surface area contributed by atoms with Gasteiger partial charge in [-0.25, -0.2) is 0 Å². The molecule has 0 saturated heterocycles. The van der Waals surface area contributed by atoms with Crippen LogP contribution in [0.3, 0.4) is 0 Å². The maximum atomic E-state index is 12.9. The van der Waals surface area contributed by atoms with Gasteiger partial charge in [-0.2, -0.15) is 0 Å². The summed E-state index contributed by atoms with van der Waals surface area (Å²) in [5.41, 5.74) is 4.06. The average molecular weight is 407 g/mol. The minimum atomic E-state index is -0.155. The highest BCUT2D eigenvalue weighted by atomic mass is 16.5. The molecule has 0 bridgehead atoms. The molecule has 0 atom stereocenters. The first-order chi connectivity index (χ1) is 14.2. The van der Waals surface area contributed by atoms with Crippen LogP contribution in [0.5, 0.6) is 5.75 Å². The molecule has 3 rings (SSSR count). The third kappa shape index (κ3) is 5.29. The second kappa shape index (κ2) is 8.74. The Hall–Kier alpha value is -3.08. The summed E-state index contributed by atoms with van der Waals surface area (Å²) in [7, 11) is 1.64. The number of benzene rings is 2. The van der Waals surface area contributed by atoms with Gasteiger partial charge in [-0.05, 0) is 68.1 Å². The van der Waals surface area contributed by atoms with Crippen molar-refractivity contribution in [3.8, 4) is 5.75 Å². The Balaban J connectivity index is 1.83. The van der Waals surface area contributed by atoms with E-state index in [0.29, 0.717) is 23.6 Å². The van der Waals surface area contributed by atoms with Gasteiger partial charge in [-0.1, -0.05) is 19.9 Å². The van der Waals surface area contributed by atoms with E-state index in [1.54, 1.807) is 37.5 Å². The topological polar surface area (TPSA) is 67.4 Å². The van der Waals surface area contributed by atoms with Crippen LogP contribution in [0.15, 0.2) is 48.5 Å². The van der Waals surface area contributed by atoms with E-state index in [-0.39, 0.29) is 17.2 Å². The van der Waals surface area contributed by atoms with Crippen molar-refractivity contribution in [3.63, 3.8) is 0 Å². The second-order valence-electron chi connectivity index (χ2n) is 8.85. The highest BCUT2D eigenvalue weighted by Gasteiger charge is 2.28. The summed E-state index contributed by atoms with van der Waals surface area (Å²) in [4.78, 5) is 24.9. The van der Waals surface area contributed by atoms with Crippen LogP contribution in [-0.4, -0.2) is 24.3 Å². The number of rotatable bonds is 6. The number of methoxy groups -OCH3 is 1. The monoisotopic (exact) mass is 406 g/mol. The standard InChI is InChI=1S/C25H30N2O3/c1-16(2)12-24(29)26-19-9-6-17(7-10-19)23(28)14-22-21-13-20(30-5)11-8-18(21)15-25(3,4)27-22/h6-11,13-14,16,27H,12,15H2,1-5H3,(H,26,29)/b22-14-. The Morgan fingerprint density at radius 3 is 2.50 bits per heavy atom. The van der Waals surface area contributed by atoms with E-state index in [1.807, 2.05) is 26.0 Å². The number of hydrogen-bond donors (Lipinski definition) is 2. The zero-order valence-electron chi connectivity index (χ0n) is 18.3.